The highest BCUT2D eigenvalue weighted by molar-refractivity contribution is 5.87. The highest BCUT2D eigenvalue weighted by Gasteiger charge is 2.63. The molecule has 19 unspecified atom stereocenters. The van der Waals surface area contributed by atoms with Gasteiger partial charge in [0.1, 0.15) is 35.6 Å². The number of hydrogen-bond acceptors (Lipinski definition) is 24. The van der Waals surface area contributed by atoms with Crippen LogP contribution in [0.3, 0.4) is 0 Å². The Kier molecular flexibility index (Phi) is 25.8. The summed E-state index contributed by atoms with van der Waals surface area (Å²) in [6.07, 6.45) is 30.2. The molecule has 12 aliphatic carbocycles. The van der Waals surface area contributed by atoms with Crippen LogP contribution in [0.4, 0.5) is 0 Å². The lowest BCUT2D eigenvalue weighted by atomic mass is 9.65. The predicted molar refractivity (Wildman–Crippen MR) is 423 cm³/mol. The SMILES string of the molecule is CCC(C)(C)C(=O)OC12CC3CC(C1)OC(=O)C(C3)C2.CCC(C)(C)C(=O)OC12CC3CC(CC(C3)C(=O)O1)C2.CCC(C)(C)C(=O)OC12CC3CC(CC(C3)OC1=O)C2.CCC(C)C(=O)OC12CC3CC(C1)OC(=O)C(C3)C2.CCC(C)C(=O)OC12CC3CC(CC(C3)C(=O)O1)C2.CCC(C)C(=O)OC12CC3CC(CC(C3)OC1=O)C2. The zero-order valence-electron chi connectivity index (χ0n) is 72.9. The highest BCUT2D eigenvalue weighted by Crippen LogP contribution is 2.59. The Hall–Kier alpha value is -6.36. The van der Waals surface area contributed by atoms with E-state index in [1.54, 1.807) is 0 Å². The molecule has 0 aromatic rings. The third-order valence-corrected chi connectivity index (χ3v) is 31.5. The van der Waals surface area contributed by atoms with E-state index in [-0.39, 0.29) is 137 Å². The third-order valence-electron chi connectivity index (χ3n) is 31.5. The van der Waals surface area contributed by atoms with E-state index < -0.39 is 50.2 Å². The lowest BCUT2D eigenvalue weighted by Crippen LogP contribution is -2.50. The fourth-order valence-electron chi connectivity index (χ4n) is 23.8. The average Bonchev–Trinajstić information content (AvgIpc) is 1.73. The van der Waals surface area contributed by atoms with E-state index in [1.165, 1.54) is 0 Å². The molecule has 0 spiro atoms. The van der Waals surface area contributed by atoms with Gasteiger partial charge in [0, 0.05) is 77.0 Å². The van der Waals surface area contributed by atoms with Crippen LogP contribution < -0.4 is 0 Å². The Morgan fingerprint density at radius 1 is 0.308 bits per heavy atom. The molecule has 24 heteroatoms. The summed E-state index contributed by atoms with van der Waals surface area (Å²) in [6.45, 7) is 28.8. The van der Waals surface area contributed by atoms with Gasteiger partial charge in [0.2, 0.25) is 11.2 Å². The van der Waals surface area contributed by atoms with Gasteiger partial charge in [-0.3, -0.25) is 47.9 Å². The van der Waals surface area contributed by atoms with Crippen LogP contribution in [-0.2, 0) is 114 Å². The van der Waals surface area contributed by atoms with Crippen molar-refractivity contribution in [2.75, 3.05) is 0 Å². The van der Waals surface area contributed by atoms with Crippen LogP contribution in [0.2, 0.25) is 0 Å². The number of carbonyl (C=O) groups is 12. The molecule has 12 aliphatic heterocycles. The number of ether oxygens (including phenoxy) is 12. The van der Waals surface area contributed by atoms with Crippen molar-refractivity contribution >= 4 is 71.6 Å². The van der Waals surface area contributed by atoms with Gasteiger partial charge in [-0.05, 0) is 255 Å². The number of fused-ring (bicyclic) bond motifs is 6. The van der Waals surface area contributed by atoms with E-state index in [4.69, 9.17) is 56.8 Å². The maximum atomic E-state index is 12.4. The molecule has 12 saturated heterocycles. The van der Waals surface area contributed by atoms with Crippen molar-refractivity contribution in [3.05, 3.63) is 0 Å². The first-order valence-electron chi connectivity index (χ1n) is 45.7. The van der Waals surface area contributed by atoms with Crippen LogP contribution in [0.1, 0.15) is 335 Å². The summed E-state index contributed by atoms with van der Waals surface area (Å²) in [7, 11) is 0. The monoisotopic (exact) mass is 1640 g/mol. The molecule has 24 nitrogen and oxygen atoms in total. The molecule has 24 aliphatic rings. The van der Waals surface area contributed by atoms with Gasteiger partial charge in [0.25, 0.3) is 11.6 Å². The van der Waals surface area contributed by atoms with Gasteiger partial charge in [-0.2, -0.15) is 0 Å². The van der Waals surface area contributed by atoms with Gasteiger partial charge in [-0.15, -0.1) is 0 Å². The number of esters is 12. The molecule has 12 heterocycles. The highest BCUT2D eigenvalue weighted by atomic mass is 16.7. The molecule has 24 rings (SSSR count). The molecule has 0 amide bonds. The molecular formula is C93H138O24. The second-order valence-electron chi connectivity index (χ2n) is 42.3. The zero-order chi connectivity index (χ0) is 84.5. The van der Waals surface area contributed by atoms with E-state index in [9.17, 15) is 57.5 Å². The van der Waals surface area contributed by atoms with Crippen LogP contribution in [0.15, 0.2) is 0 Å². The first kappa shape index (κ1) is 88.4. The minimum Gasteiger partial charge on any atom is -0.462 e. The average molecular weight is 1640 g/mol. The smallest absolute Gasteiger partial charge is 0.350 e. The molecule has 19 atom stereocenters. The van der Waals surface area contributed by atoms with Gasteiger partial charge >= 0.3 is 71.6 Å². The fourth-order valence-corrected chi connectivity index (χ4v) is 23.8. The third kappa shape index (κ3) is 19.3. The predicted octanol–water partition coefficient (Wildman–Crippen LogP) is 16.3. The van der Waals surface area contributed by atoms with Crippen LogP contribution in [0.5, 0.6) is 0 Å². The molecule has 0 radical (unpaired) electrons. The van der Waals surface area contributed by atoms with Crippen LogP contribution >= 0.6 is 0 Å². The van der Waals surface area contributed by atoms with E-state index in [0.717, 1.165) is 141 Å². The fraction of sp³-hybridized carbons (Fsp3) is 0.871. The summed E-state index contributed by atoms with van der Waals surface area (Å²) in [4.78, 5) is 146. The Bertz CT molecular complexity index is 3700. The maximum absolute atomic E-state index is 12.4. The summed E-state index contributed by atoms with van der Waals surface area (Å²) < 4.78 is 68.1. The molecule has 0 N–H and O–H groups in total. The first-order valence-corrected chi connectivity index (χ1v) is 45.7. The molecule has 0 aromatic carbocycles. The molecular weight excluding hydrogens is 1500 g/mol. The van der Waals surface area contributed by atoms with Crippen molar-refractivity contribution in [2.24, 2.45) is 117 Å². The van der Waals surface area contributed by atoms with E-state index >= 15 is 0 Å². The number of rotatable bonds is 18. The Balaban J connectivity index is 0.000000122. The Morgan fingerprint density at radius 2 is 0.598 bits per heavy atom. The van der Waals surface area contributed by atoms with Gasteiger partial charge in [0.05, 0.1) is 57.7 Å². The quantitative estimate of drug-likeness (QED) is 0.0909. The van der Waals surface area contributed by atoms with E-state index in [2.05, 4.69) is 0 Å². The standard InChI is InChI=1S/3C16H24O4.3C15H22O4/c1-4-15(2,3)13(17)20-16-8-10-5-11(9-16)7-12(6-10)19-14(16)18;1-4-15(2,3)14(18)20-16-8-10-5-11(9-16)7-12(6-10)13(17)19-16;1-4-15(2,3)14(18)20-16-7-10-5-11(8-16)13(17)19-12(6-10)9-16;1-3-9(2)13(16)19-15-7-10-4-11(8-15)6-12(5-10)18-14(15)17;1-3-9(2)13(16)18-15-7-10-4-11(8-15)6-12(5-10)14(17)19-15;1-3-9(2)13(16)19-15-6-10-4-11(7-15)14(17)18-12(5-10)8-15/h3*10-12H,4-9H2,1-3H3;3*9-12H,3-8H2,1-2H3. The van der Waals surface area contributed by atoms with E-state index in [1.807, 2.05) is 104 Å². The minimum absolute atomic E-state index is 0.0287. The molecule has 0 aromatic heterocycles. The molecule has 654 valence electrons. The second-order valence-corrected chi connectivity index (χ2v) is 42.3. The van der Waals surface area contributed by atoms with Gasteiger partial charge in [-0.25, -0.2) is 9.59 Å². The summed E-state index contributed by atoms with van der Waals surface area (Å²) >= 11 is 0. The normalized spacial score (nSPS) is 40.4. The van der Waals surface area contributed by atoms with Gasteiger partial charge < -0.3 is 56.8 Å². The molecule has 24 fully saturated rings. The molecule has 117 heavy (non-hydrogen) atoms. The minimum atomic E-state index is -0.998. The van der Waals surface area contributed by atoms with Crippen molar-refractivity contribution in [2.45, 2.75) is 393 Å². The maximum Gasteiger partial charge on any atom is 0.350 e. The van der Waals surface area contributed by atoms with Crippen LogP contribution in [-0.4, -0.2) is 130 Å². The first-order chi connectivity index (χ1) is 55.1. The summed E-state index contributed by atoms with van der Waals surface area (Å²) in [5.74, 6) is 0.129. The lowest BCUT2D eigenvalue weighted by Gasteiger charge is -2.46. The Morgan fingerprint density at radius 3 is 0.966 bits per heavy atom. The van der Waals surface area contributed by atoms with Crippen LogP contribution in [0, 0.1) is 117 Å². The van der Waals surface area contributed by atoms with Crippen molar-refractivity contribution in [1.82, 2.24) is 0 Å². The second kappa shape index (κ2) is 34.2. The largest absolute Gasteiger partial charge is 0.462 e. The van der Waals surface area contributed by atoms with Crippen molar-refractivity contribution in [3.63, 3.8) is 0 Å². The van der Waals surface area contributed by atoms with Crippen molar-refractivity contribution in [3.8, 4) is 0 Å². The summed E-state index contributed by atoms with van der Waals surface area (Å²) in [5, 5.41) is 0. The molecule has 24 bridgehead atoms. The van der Waals surface area contributed by atoms with Gasteiger partial charge in [0.15, 0.2) is 0 Å². The van der Waals surface area contributed by atoms with Gasteiger partial charge in [-0.1, -0.05) is 62.3 Å². The Labute approximate surface area is 693 Å². The van der Waals surface area contributed by atoms with Crippen molar-refractivity contribution in [1.29, 1.82) is 0 Å². The molecule has 12 saturated carbocycles. The number of hydrogen-bond donors (Lipinski definition) is 0. The summed E-state index contributed by atoms with van der Waals surface area (Å²) in [5.41, 5.74) is -4.37. The van der Waals surface area contributed by atoms with Crippen molar-refractivity contribution < 1.29 is 114 Å². The number of carbonyl (C=O) groups excluding carboxylic acids is 12. The topological polar surface area (TPSA) is 316 Å². The zero-order valence-corrected chi connectivity index (χ0v) is 72.9. The summed E-state index contributed by atoms with van der Waals surface area (Å²) in [6, 6.07) is 0. The van der Waals surface area contributed by atoms with Crippen LogP contribution in [0.25, 0.3) is 0 Å². The van der Waals surface area contributed by atoms with E-state index in [0.29, 0.717) is 149 Å². The lowest BCUT2D eigenvalue weighted by molar-refractivity contribution is -0.247.